The zero-order valence-electron chi connectivity index (χ0n) is 17.9. The molecule has 2 amide bonds. The van der Waals surface area contributed by atoms with Crippen molar-refractivity contribution in [1.29, 1.82) is 0 Å². The van der Waals surface area contributed by atoms with Crippen molar-refractivity contribution in [2.75, 3.05) is 0 Å². The molecular formula is C23H32N4O2. The van der Waals surface area contributed by atoms with E-state index in [1.54, 1.807) is 0 Å². The summed E-state index contributed by atoms with van der Waals surface area (Å²) < 4.78 is 2.01. The van der Waals surface area contributed by atoms with Crippen molar-refractivity contribution in [3.05, 3.63) is 47.3 Å². The Morgan fingerprint density at radius 3 is 2.48 bits per heavy atom. The van der Waals surface area contributed by atoms with E-state index in [0.717, 1.165) is 30.6 Å². The highest BCUT2D eigenvalue weighted by atomic mass is 16.2. The third-order valence-electron chi connectivity index (χ3n) is 5.30. The van der Waals surface area contributed by atoms with Gasteiger partial charge in [-0.3, -0.25) is 9.59 Å². The lowest BCUT2D eigenvalue weighted by atomic mass is 10.0. The Kier molecular flexibility index (Phi) is 6.72. The highest BCUT2D eigenvalue weighted by Crippen LogP contribution is 2.27. The number of benzene rings is 1. The molecule has 6 heteroatoms. The topological polar surface area (TPSA) is 76.0 Å². The predicted octanol–water partition coefficient (Wildman–Crippen LogP) is 3.16. The molecule has 1 heterocycles. The van der Waals surface area contributed by atoms with Crippen molar-refractivity contribution in [2.45, 2.75) is 66.0 Å². The first-order valence-corrected chi connectivity index (χ1v) is 10.6. The van der Waals surface area contributed by atoms with Crippen LogP contribution in [-0.2, 0) is 29.0 Å². The van der Waals surface area contributed by atoms with E-state index in [4.69, 9.17) is 5.10 Å². The molecule has 1 aliphatic rings. The SMILES string of the molecule is CC(C)CC(=O)NC(C(=O)NCc1nn(-c2ccccc2)c2c1CCC2)C(C)C. The maximum atomic E-state index is 12.8. The monoisotopic (exact) mass is 396 g/mol. The number of aromatic nitrogens is 2. The first-order chi connectivity index (χ1) is 13.9. The van der Waals surface area contributed by atoms with Crippen molar-refractivity contribution in [1.82, 2.24) is 20.4 Å². The van der Waals surface area contributed by atoms with Gasteiger partial charge in [0.2, 0.25) is 11.8 Å². The normalized spacial score (nSPS) is 14.1. The van der Waals surface area contributed by atoms with E-state index in [-0.39, 0.29) is 23.7 Å². The van der Waals surface area contributed by atoms with E-state index in [9.17, 15) is 9.59 Å². The number of rotatable bonds is 8. The molecule has 0 aliphatic heterocycles. The average molecular weight is 397 g/mol. The van der Waals surface area contributed by atoms with Crippen LogP contribution in [0.2, 0.25) is 0 Å². The molecular weight excluding hydrogens is 364 g/mol. The standard InChI is InChI=1S/C23H32N4O2/c1-15(2)13-21(28)25-22(16(3)4)23(29)24-14-19-18-11-8-12-20(18)27(26-19)17-9-6-5-7-10-17/h5-7,9-10,15-16,22H,8,11-14H2,1-4H3,(H,24,29)(H,25,28). The summed E-state index contributed by atoms with van der Waals surface area (Å²) in [7, 11) is 0. The Bertz CT molecular complexity index is 855. The maximum Gasteiger partial charge on any atom is 0.243 e. The van der Waals surface area contributed by atoms with Crippen LogP contribution in [0.5, 0.6) is 0 Å². The molecule has 6 nitrogen and oxygen atoms in total. The Labute approximate surface area is 173 Å². The molecule has 1 aliphatic carbocycles. The van der Waals surface area contributed by atoms with Gasteiger partial charge >= 0.3 is 0 Å². The van der Waals surface area contributed by atoms with Crippen LogP contribution < -0.4 is 10.6 Å². The van der Waals surface area contributed by atoms with Gasteiger partial charge in [-0.2, -0.15) is 5.10 Å². The van der Waals surface area contributed by atoms with Crippen molar-refractivity contribution in [2.24, 2.45) is 11.8 Å². The summed E-state index contributed by atoms with van der Waals surface area (Å²) in [6.07, 6.45) is 3.53. The minimum Gasteiger partial charge on any atom is -0.349 e. The summed E-state index contributed by atoms with van der Waals surface area (Å²) >= 11 is 0. The number of hydrogen-bond donors (Lipinski definition) is 2. The zero-order valence-corrected chi connectivity index (χ0v) is 17.9. The van der Waals surface area contributed by atoms with E-state index >= 15 is 0 Å². The summed E-state index contributed by atoms with van der Waals surface area (Å²) in [5.41, 5.74) is 4.46. The summed E-state index contributed by atoms with van der Waals surface area (Å²) in [4.78, 5) is 24.9. The number of carbonyl (C=O) groups is 2. The lowest BCUT2D eigenvalue weighted by Crippen LogP contribution is -2.49. The Morgan fingerprint density at radius 2 is 1.83 bits per heavy atom. The van der Waals surface area contributed by atoms with Crippen molar-refractivity contribution in [3.8, 4) is 5.69 Å². The van der Waals surface area contributed by atoms with Gasteiger partial charge in [0.15, 0.2) is 0 Å². The van der Waals surface area contributed by atoms with Gasteiger partial charge in [0.05, 0.1) is 17.9 Å². The summed E-state index contributed by atoms with van der Waals surface area (Å²) in [6, 6.07) is 9.57. The highest BCUT2D eigenvalue weighted by Gasteiger charge is 2.27. The average Bonchev–Trinajstić information content (AvgIpc) is 3.27. The summed E-state index contributed by atoms with van der Waals surface area (Å²) in [5.74, 6) is 0.0373. The number of carbonyl (C=O) groups excluding carboxylic acids is 2. The number of nitrogens with one attached hydrogen (secondary N) is 2. The predicted molar refractivity (Wildman–Crippen MR) is 114 cm³/mol. The number of fused-ring (bicyclic) bond motifs is 1. The fraction of sp³-hybridized carbons (Fsp3) is 0.522. The maximum absolute atomic E-state index is 12.8. The van der Waals surface area contributed by atoms with Crippen LogP contribution in [0.15, 0.2) is 30.3 Å². The molecule has 1 aromatic carbocycles. The van der Waals surface area contributed by atoms with Gasteiger partial charge in [-0.25, -0.2) is 4.68 Å². The molecule has 2 aromatic rings. The van der Waals surface area contributed by atoms with Crippen LogP contribution in [-0.4, -0.2) is 27.6 Å². The molecule has 0 saturated carbocycles. The Morgan fingerprint density at radius 1 is 1.10 bits per heavy atom. The van der Waals surface area contributed by atoms with Crippen molar-refractivity contribution < 1.29 is 9.59 Å². The van der Waals surface area contributed by atoms with Crippen LogP contribution in [0.3, 0.4) is 0 Å². The molecule has 1 atom stereocenters. The first-order valence-electron chi connectivity index (χ1n) is 10.6. The minimum absolute atomic E-state index is 0.0127. The van der Waals surface area contributed by atoms with Gasteiger partial charge in [-0.05, 0) is 48.8 Å². The van der Waals surface area contributed by atoms with Gasteiger partial charge in [-0.15, -0.1) is 0 Å². The molecule has 29 heavy (non-hydrogen) atoms. The number of amides is 2. The number of para-hydroxylation sites is 1. The smallest absolute Gasteiger partial charge is 0.243 e. The second-order valence-corrected chi connectivity index (χ2v) is 8.58. The summed E-state index contributed by atoms with van der Waals surface area (Å²) in [5, 5.41) is 10.7. The number of nitrogens with zero attached hydrogens (tertiary/aromatic N) is 2. The van der Waals surface area contributed by atoms with Crippen molar-refractivity contribution >= 4 is 11.8 Å². The lowest BCUT2D eigenvalue weighted by molar-refractivity contribution is -0.130. The molecule has 0 bridgehead atoms. The lowest BCUT2D eigenvalue weighted by Gasteiger charge is -2.22. The third-order valence-corrected chi connectivity index (χ3v) is 5.30. The van der Waals surface area contributed by atoms with Gasteiger partial charge in [-0.1, -0.05) is 45.9 Å². The number of hydrogen-bond acceptors (Lipinski definition) is 3. The quantitative estimate of drug-likeness (QED) is 0.720. The second kappa shape index (κ2) is 9.25. The van der Waals surface area contributed by atoms with Gasteiger partial charge in [0, 0.05) is 12.1 Å². The highest BCUT2D eigenvalue weighted by molar-refractivity contribution is 5.87. The van der Waals surface area contributed by atoms with Crippen LogP contribution in [0, 0.1) is 11.8 Å². The molecule has 0 radical (unpaired) electrons. The third kappa shape index (κ3) is 5.05. The molecule has 0 saturated heterocycles. The van der Waals surface area contributed by atoms with E-state index < -0.39 is 6.04 Å². The fourth-order valence-corrected chi connectivity index (χ4v) is 3.86. The molecule has 1 unspecified atom stereocenters. The molecule has 1 aromatic heterocycles. The van der Waals surface area contributed by atoms with E-state index in [1.807, 2.05) is 62.7 Å². The van der Waals surface area contributed by atoms with Gasteiger partial charge < -0.3 is 10.6 Å². The van der Waals surface area contributed by atoms with Crippen LogP contribution in [0.25, 0.3) is 5.69 Å². The first kappa shape index (κ1) is 21.1. The second-order valence-electron chi connectivity index (χ2n) is 8.58. The van der Waals surface area contributed by atoms with E-state index in [2.05, 4.69) is 10.6 Å². The molecule has 0 spiro atoms. The Hall–Kier alpha value is -2.63. The van der Waals surface area contributed by atoms with E-state index in [1.165, 1.54) is 11.3 Å². The zero-order chi connectivity index (χ0) is 21.0. The molecule has 3 rings (SSSR count). The van der Waals surface area contributed by atoms with E-state index in [0.29, 0.717) is 13.0 Å². The summed E-state index contributed by atoms with van der Waals surface area (Å²) in [6.45, 7) is 8.26. The van der Waals surface area contributed by atoms with Crippen LogP contribution in [0.4, 0.5) is 0 Å². The van der Waals surface area contributed by atoms with Crippen LogP contribution >= 0.6 is 0 Å². The van der Waals surface area contributed by atoms with Crippen LogP contribution in [0.1, 0.15) is 57.5 Å². The molecule has 156 valence electrons. The molecule has 2 N–H and O–H groups in total. The Balaban J connectivity index is 1.70. The van der Waals surface area contributed by atoms with Gasteiger partial charge in [0.1, 0.15) is 6.04 Å². The largest absolute Gasteiger partial charge is 0.349 e. The minimum atomic E-state index is -0.537. The fourth-order valence-electron chi connectivity index (χ4n) is 3.86. The van der Waals surface area contributed by atoms with Gasteiger partial charge in [0.25, 0.3) is 0 Å². The molecule has 0 fully saturated rings. The van der Waals surface area contributed by atoms with Crippen molar-refractivity contribution in [3.63, 3.8) is 0 Å².